The first-order valence-electron chi connectivity index (χ1n) is 7.39. The highest BCUT2D eigenvalue weighted by atomic mass is 32.2. The molecule has 1 aromatic heterocycles. The molecule has 114 valence electrons. The SMILES string of the molecule is CC(C)CNCCn1nnnc1SCCc1ccccc1. The van der Waals surface area contributed by atoms with E-state index in [-0.39, 0.29) is 0 Å². The molecule has 0 radical (unpaired) electrons. The molecule has 1 N–H and O–H groups in total. The number of tetrazole rings is 1. The number of thioether (sulfide) groups is 1. The Kier molecular flexibility index (Phi) is 6.69. The lowest BCUT2D eigenvalue weighted by Crippen LogP contribution is -2.24. The summed E-state index contributed by atoms with van der Waals surface area (Å²) in [5.41, 5.74) is 1.35. The van der Waals surface area contributed by atoms with Crippen LogP contribution in [-0.2, 0) is 13.0 Å². The van der Waals surface area contributed by atoms with Gasteiger partial charge in [-0.2, -0.15) is 0 Å². The number of nitrogens with zero attached hydrogens (tertiary/aromatic N) is 4. The summed E-state index contributed by atoms with van der Waals surface area (Å²) in [6.45, 7) is 7.14. The summed E-state index contributed by atoms with van der Waals surface area (Å²) in [6, 6.07) is 10.5. The van der Waals surface area contributed by atoms with Crippen molar-refractivity contribution in [3.63, 3.8) is 0 Å². The average molecular weight is 305 g/mol. The number of nitrogens with one attached hydrogen (secondary N) is 1. The van der Waals surface area contributed by atoms with Crippen molar-refractivity contribution >= 4 is 11.8 Å². The van der Waals surface area contributed by atoms with Gasteiger partial charge < -0.3 is 5.32 Å². The van der Waals surface area contributed by atoms with Crippen LogP contribution in [0.2, 0.25) is 0 Å². The molecule has 0 aliphatic rings. The minimum Gasteiger partial charge on any atom is -0.315 e. The maximum absolute atomic E-state index is 4.10. The molecule has 5 nitrogen and oxygen atoms in total. The first-order chi connectivity index (χ1) is 10.3. The molecule has 0 amide bonds. The molecule has 6 heteroatoms. The van der Waals surface area contributed by atoms with E-state index in [0.717, 1.165) is 37.0 Å². The van der Waals surface area contributed by atoms with Gasteiger partial charge in [0.1, 0.15) is 0 Å². The fourth-order valence-corrected chi connectivity index (χ4v) is 2.81. The average Bonchev–Trinajstić information content (AvgIpc) is 2.92. The van der Waals surface area contributed by atoms with Gasteiger partial charge in [0, 0.05) is 12.3 Å². The van der Waals surface area contributed by atoms with Crippen molar-refractivity contribution < 1.29 is 0 Å². The van der Waals surface area contributed by atoms with Gasteiger partial charge in [-0.25, -0.2) is 4.68 Å². The second-order valence-electron chi connectivity index (χ2n) is 5.37. The van der Waals surface area contributed by atoms with Gasteiger partial charge in [0.2, 0.25) is 5.16 Å². The lowest BCUT2D eigenvalue weighted by Gasteiger charge is -2.08. The van der Waals surface area contributed by atoms with Crippen LogP contribution in [0.25, 0.3) is 0 Å². The Morgan fingerprint density at radius 1 is 1.24 bits per heavy atom. The molecule has 0 atom stereocenters. The van der Waals surface area contributed by atoms with Crippen LogP contribution in [0, 0.1) is 5.92 Å². The Balaban J connectivity index is 1.72. The topological polar surface area (TPSA) is 55.6 Å². The minimum absolute atomic E-state index is 0.665. The molecule has 0 fully saturated rings. The molecule has 2 rings (SSSR count). The number of aryl methyl sites for hydroxylation is 1. The van der Waals surface area contributed by atoms with Crippen molar-refractivity contribution in [3.8, 4) is 0 Å². The van der Waals surface area contributed by atoms with E-state index in [1.54, 1.807) is 11.8 Å². The number of aromatic nitrogens is 4. The van der Waals surface area contributed by atoms with Crippen LogP contribution in [0.4, 0.5) is 0 Å². The summed E-state index contributed by atoms with van der Waals surface area (Å²) in [5.74, 6) is 1.66. The molecule has 1 heterocycles. The van der Waals surface area contributed by atoms with Crippen molar-refractivity contribution in [1.82, 2.24) is 25.5 Å². The van der Waals surface area contributed by atoms with Crippen molar-refractivity contribution in [2.45, 2.75) is 32.0 Å². The number of rotatable bonds is 9. The maximum atomic E-state index is 4.10. The quantitative estimate of drug-likeness (QED) is 0.569. The fraction of sp³-hybridized carbons (Fsp3) is 0.533. The van der Waals surface area contributed by atoms with E-state index < -0.39 is 0 Å². The molecular weight excluding hydrogens is 282 g/mol. The standard InChI is InChI=1S/C15H23N5S/c1-13(2)12-16-9-10-20-15(17-18-19-20)21-11-8-14-6-4-3-5-7-14/h3-7,13,16H,8-12H2,1-2H3. The summed E-state index contributed by atoms with van der Waals surface area (Å²) in [7, 11) is 0. The van der Waals surface area contributed by atoms with Gasteiger partial charge in [-0.15, -0.1) is 5.10 Å². The van der Waals surface area contributed by atoms with E-state index in [1.165, 1.54) is 5.56 Å². The van der Waals surface area contributed by atoms with E-state index in [9.17, 15) is 0 Å². The predicted octanol–water partition coefficient (Wildman–Crippen LogP) is 2.25. The summed E-state index contributed by atoms with van der Waals surface area (Å²) in [5, 5.41) is 16.2. The van der Waals surface area contributed by atoms with Crippen molar-refractivity contribution in [1.29, 1.82) is 0 Å². The van der Waals surface area contributed by atoms with Gasteiger partial charge in [0.15, 0.2) is 0 Å². The molecule has 0 spiro atoms. The van der Waals surface area contributed by atoms with Gasteiger partial charge >= 0.3 is 0 Å². The third-order valence-electron chi connectivity index (χ3n) is 3.02. The van der Waals surface area contributed by atoms with Crippen LogP contribution >= 0.6 is 11.8 Å². The number of hydrogen-bond acceptors (Lipinski definition) is 5. The van der Waals surface area contributed by atoms with Gasteiger partial charge in [0.25, 0.3) is 0 Å². The highest BCUT2D eigenvalue weighted by molar-refractivity contribution is 7.99. The molecule has 0 unspecified atom stereocenters. The van der Waals surface area contributed by atoms with Crippen LogP contribution in [0.5, 0.6) is 0 Å². The Labute approximate surface area is 130 Å². The molecule has 0 aliphatic carbocycles. The van der Waals surface area contributed by atoms with E-state index >= 15 is 0 Å². The Bertz CT molecular complexity index is 512. The van der Waals surface area contributed by atoms with Crippen molar-refractivity contribution in [3.05, 3.63) is 35.9 Å². The third kappa shape index (κ3) is 5.85. The lowest BCUT2D eigenvalue weighted by atomic mass is 10.2. The summed E-state index contributed by atoms with van der Waals surface area (Å²) < 4.78 is 1.88. The van der Waals surface area contributed by atoms with E-state index in [2.05, 4.69) is 59.0 Å². The van der Waals surface area contributed by atoms with Crippen LogP contribution in [-0.4, -0.2) is 39.0 Å². The van der Waals surface area contributed by atoms with E-state index in [0.29, 0.717) is 5.92 Å². The molecule has 0 bridgehead atoms. The molecule has 0 aliphatic heterocycles. The van der Waals surface area contributed by atoms with E-state index in [4.69, 9.17) is 0 Å². The molecule has 2 aromatic rings. The summed E-state index contributed by atoms with van der Waals surface area (Å²) in [4.78, 5) is 0. The highest BCUT2D eigenvalue weighted by Gasteiger charge is 2.06. The summed E-state index contributed by atoms with van der Waals surface area (Å²) >= 11 is 1.71. The molecule has 0 saturated heterocycles. The lowest BCUT2D eigenvalue weighted by molar-refractivity contribution is 0.482. The molecule has 1 aromatic carbocycles. The Morgan fingerprint density at radius 2 is 2.05 bits per heavy atom. The van der Waals surface area contributed by atoms with Crippen LogP contribution in [0.3, 0.4) is 0 Å². The van der Waals surface area contributed by atoms with Crippen LogP contribution in [0.15, 0.2) is 35.5 Å². The monoisotopic (exact) mass is 305 g/mol. The molecule has 21 heavy (non-hydrogen) atoms. The smallest absolute Gasteiger partial charge is 0.209 e. The van der Waals surface area contributed by atoms with Gasteiger partial charge in [-0.1, -0.05) is 55.9 Å². The zero-order valence-electron chi connectivity index (χ0n) is 12.7. The van der Waals surface area contributed by atoms with Crippen LogP contribution in [0.1, 0.15) is 19.4 Å². The van der Waals surface area contributed by atoms with Gasteiger partial charge in [0.05, 0.1) is 6.54 Å². The first kappa shape index (κ1) is 16.0. The van der Waals surface area contributed by atoms with E-state index in [1.807, 2.05) is 10.7 Å². The normalized spacial score (nSPS) is 11.2. The predicted molar refractivity (Wildman–Crippen MR) is 86.4 cm³/mol. The second kappa shape index (κ2) is 8.79. The molecule has 0 saturated carbocycles. The van der Waals surface area contributed by atoms with Gasteiger partial charge in [-0.05, 0) is 34.9 Å². The van der Waals surface area contributed by atoms with Crippen molar-refractivity contribution in [2.75, 3.05) is 18.8 Å². The maximum Gasteiger partial charge on any atom is 0.209 e. The summed E-state index contributed by atoms with van der Waals surface area (Å²) in [6.07, 6.45) is 1.03. The third-order valence-corrected chi connectivity index (χ3v) is 3.98. The minimum atomic E-state index is 0.665. The molecular formula is C15H23N5S. The zero-order valence-corrected chi connectivity index (χ0v) is 13.5. The van der Waals surface area contributed by atoms with Crippen LogP contribution < -0.4 is 5.32 Å². The largest absolute Gasteiger partial charge is 0.315 e. The Hall–Kier alpha value is -1.40. The second-order valence-corrected chi connectivity index (χ2v) is 6.43. The Morgan fingerprint density at radius 3 is 2.81 bits per heavy atom. The highest BCUT2D eigenvalue weighted by Crippen LogP contribution is 2.15. The first-order valence-corrected chi connectivity index (χ1v) is 8.38. The van der Waals surface area contributed by atoms with Crippen molar-refractivity contribution in [2.24, 2.45) is 5.92 Å². The fourth-order valence-electron chi connectivity index (χ4n) is 1.92. The van der Waals surface area contributed by atoms with Gasteiger partial charge in [-0.3, -0.25) is 0 Å². The number of hydrogen-bond donors (Lipinski definition) is 1. The zero-order chi connectivity index (χ0) is 14.9. The number of benzene rings is 1.